The molecule has 6 nitrogen and oxygen atoms in total. The Morgan fingerprint density at radius 2 is 1.81 bits per heavy atom. The molecule has 0 amide bonds. The van der Waals surface area contributed by atoms with Crippen LogP contribution in [0.5, 0.6) is 0 Å². The molecule has 1 rings (SSSR count). The highest BCUT2D eigenvalue weighted by atomic mass is 127. The highest BCUT2D eigenvalue weighted by Crippen LogP contribution is 2.05. The number of guanidine groups is 1. The molecule has 26 heavy (non-hydrogen) atoms. The molecular formula is C19H39IN6. The predicted molar refractivity (Wildman–Crippen MR) is 122 cm³/mol. The van der Waals surface area contributed by atoms with E-state index in [9.17, 15) is 0 Å². The summed E-state index contributed by atoms with van der Waals surface area (Å²) < 4.78 is 2.19. The third kappa shape index (κ3) is 9.21. The number of rotatable bonds is 10. The fourth-order valence-electron chi connectivity index (χ4n) is 2.96. The number of nitrogens with one attached hydrogen (secondary N) is 2. The quantitative estimate of drug-likeness (QED) is 0.308. The average Bonchev–Trinajstić information content (AvgIpc) is 2.94. The van der Waals surface area contributed by atoms with Gasteiger partial charge in [0.05, 0.1) is 0 Å². The van der Waals surface area contributed by atoms with Crippen LogP contribution < -0.4 is 10.6 Å². The van der Waals surface area contributed by atoms with Gasteiger partial charge in [0.2, 0.25) is 0 Å². The standard InChI is InChI=1S/C19H38N6.HI/c1-8-20-19(22-10-12-25(16(4)5)17(6)7)23-13-18-21-9-11-24(18)14-15(2)3;/h9,11,15-17H,8,10,12-14H2,1-7H3,(H2,20,22,23);1H. The van der Waals surface area contributed by atoms with Gasteiger partial charge in [-0.15, -0.1) is 24.0 Å². The summed E-state index contributed by atoms with van der Waals surface area (Å²) in [5.41, 5.74) is 0. The van der Waals surface area contributed by atoms with E-state index < -0.39 is 0 Å². The Labute approximate surface area is 177 Å². The normalized spacial score (nSPS) is 12.2. The highest BCUT2D eigenvalue weighted by molar-refractivity contribution is 14.0. The molecule has 0 bridgehead atoms. The minimum Gasteiger partial charge on any atom is -0.357 e. The van der Waals surface area contributed by atoms with E-state index in [0.717, 1.165) is 38.0 Å². The number of aromatic nitrogens is 2. The number of nitrogens with zero attached hydrogens (tertiary/aromatic N) is 4. The second kappa shape index (κ2) is 13.4. The van der Waals surface area contributed by atoms with Crippen LogP contribution in [0, 0.1) is 5.92 Å². The van der Waals surface area contributed by atoms with Crippen molar-refractivity contribution < 1.29 is 0 Å². The van der Waals surface area contributed by atoms with E-state index in [4.69, 9.17) is 4.99 Å². The van der Waals surface area contributed by atoms with E-state index in [-0.39, 0.29) is 24.0 Å². The van der Waals surface area contributed by atoms with Gasteiger partial charge in [-0.25, -0.2) is 9.98 Å². The van der Waals surface area contributed by atoms with Crippen molar-refractivity contribution in [3.8, 4) is 0 Å². The number of aliphatic imine (C=N–C) groups is 1. The maximum atomic E-state index is 4.70. The van der Waals surface area contributed by atoms with Crippen molar-refractivity contribution in [1.29, 1.82) is 0 Å². The molecule has 0 aliphatic carbocycles. The van der Waals surface area contributed by atoms with Crippen LogP contribution in [0.15, 0.2) is 17.4 Å². The van der Waals surface area contributed by atoms with Gasteiger partial charge in [-0.05, 0) is 40.5 Å². The van der Waals surface area contributed by atoms with Gasteiger partial charge in [0, 0.05) is 50.7 Å². The Morgan fingerprint density at radius 1 is 1.15 bits per heavy atom. The molecule has 0 aliphatic rings. The van der Waals surface area contributed by atoms with E-state index in [2.05, 4.69) is 73.6 Å². The van der Waals surface area contributed by atoms with Gasteiger partial charge in [-0.1, -0.05) is 13.8 Å². The lowest BCUT2D eigenvalue weighted by molar-refractivity contribution is 0.178. The first-order chi connectivity index (χ1) is 11.8. The molecule has 0 saturated carbocycles. The summed E-state index contributed by atoms with van der Waals surface area (Å²) in [6.45, 7) is 19.8. The van der Waals surface area contributed by atoms with Crippen molar-refractivity contribution in [2.24, 2.45) is 10.9 Å². The molecule has 0 atom stereocenters. The molecule has 0 spiro atoms. The number of imidazole rings is 1. The van der Waals surface area contributed by atoms with E-state index >= 15 is 0 Å². The van der Waals surface area contributed by atoms with E-state index in [1.54, 1.807) is 0 Å². The van der Waals surface area contributed by atoms with Gasteiger partial charge >= 0.3 is 0 Å². The van der Waals surface area contributed by atoms with Crippen molar-refractivity contribution in [2.45, 2.75) is 73.6 Å². The Kier molecular flexibility index (Phi) is 12.9. The molecule has 1 aromatic rings. The topological polar surface area (TPSA) is 57.5 Å². The van der Waals surface area contributed by atoms with E-state index in [1.807, 2.05) is 12.4 Å². The Morgan fingerprint density at radius 3 is 2.35 bits per heavy atom. The zero-order chi connectivity index (χ0) is 18.8. The summed E-state index contributed by atoms with van der Waals surface area (Å²) in [5.74, 6) is 2.47. The fourth-order valence-corrected chi connectivity index (χ4v) is 2.96. The average molecular weight is 478 g/mol. The van der Waals surface area contributed by atoms with Crippen LogP contribution >= 0.6 is 24.0 Å². The molecule has 0 aliphatic heterocycles. The Hall–Kier alpha value is -0.830. The summed E-state index contributed by atoms with van der Waals surface area (Å²) in [5, 5.41) is 6.76. The predicted octanol–water partition coefficient (Wildman–Crippen LogP) is 3.33. The molecule has 1 aromatic heterocycles. The second-order valence-electron chi connectivity index (χ2n) is 7.44. The molecule has 0 radical (unpaired) electrons. The monoisotopic (exact) mass is 478 g/mol. The Bertz CT molecular complexity index is 502. The largest absolute Gasteiger partial charge is 0.357 e. The first-order valence-electron chi connectivity index (χ1n) is 9.63. The van der Waals surface area contributed by atoms with Crippen LogP contribution in [0.3, 0.4) is 0 Å². The molecule has 7 heteroatoms. The SMILES string of the molecule is CCNC(=NCc1nccn1CC(C)C)NCCN(C(C)C)C(C)C.I. The molecule has 0 fully saturated rings. The zero-order valence-electron chi connectivity index (χ0n) is 17.6. The second-order valence-corrected chi connectivity index (χ2v) is 7.44. The van der Waals surface area contributed by atoms with Crippen LogP contribution in [0.1, 0.15) is 54.3 Å². The highest BCUT2D eigenvalue weighted by Gasteiger charge is 2.12. The smallest absolute Gasteiger partial charge is 0.191 e. The van der Waals surface area contributed by atoms with E-state index in [0.29, 0.717) is 24.5 Å². The minimum absolute atomic E-state index is 0. The molecule has 152 valence electrons. The van der Waals surface area contributed by atoms with Gasteiger partial charge in [0.15, 0.2) is 5.96 Å². The van der Waals surface area contributed by atoms with Gasteiger partial charge in [0.1, 0.15) is 12.4 Å². The number of hydrogen-bond acceptors (Lipinski definition) is 3. The van der Waals surface area contributed by atoms with Gasteiger partial charge in [-0.2, -0.15) is 0 Å². The molecule has 1 heterocycles. The number of halogens is 1. The lowest BCUT2D eigenvalue weighted by Crippen LogP contribution is -2.45. The third-order valence-electron chi connectivity index (χ3n) is 4.08. The molecular weight excluding hydrogens is 439 g/mol. The van der Waals surface area contributed by atoms with Crippen LogP contribution in [-0.4, -0.2) is 52.1 Å². The molecule has 0 saturated heterocycles. The summed E-state index contributed by atoms with van der Waals surface area (Å²) in [7, 11) is 0. The maximum Gasteiger partial charge on any atom is 0.191 e. The molecule has 0 unspecified atom stereocenters. The maximum absolute atomic E-state index is 4.70. The third-order valence-corrected chi connectivity index (χ3v) is 4.08. The van der Waals surface area contributed by atoms with E-state index in [1.165, 1.54) is 0 Å². The first kappa shape index (κ1) is 25.2. The van der Waals surface area contributed by atoms with Crippen molar-refractivity contribution in [1.82, 2.24) is 25.1 Å². The van der Waals surface area contributed by atoms with Gasteiger partial charge in [-0.3, -0.25) is 4.90 Å². The lowest BCUT2D eigenvalue weighted by atomic mass is 10.2. The van der Waals surface area contributed by atoms with Crippen molar-refractivity contribution in [2.75, 3.05) is 19.6 Å². The first-order valence-corrected chi connectivity index (χ1v) is 9.63. The molecule has 0 aromatic carbocycles. The van der Waals surface area contributed by atoms with Crippen molar-refractivity contribution in [3.63, 3.8) is 0 Å². The van der Waals surface area contributed by atoms with Gasteiger partial charge in [0.25, 0.3) is 0 Å². The summed E-state index contributed by atoms with van der Waals surface area (Å²) in [4.78, 5) is 11.6. The zero-order valence-corrected chi connectivity index (χ0v) is 19.9. The van der Waals surface area contributed by atoms with Crippen LogP contribution in [0.4, 0.5) is 0 Å². The number of hydrogen-bond donors (Lipinski definition) is 2. The minimum atomic E-state index is 0. The molecule has 2 N–H and O–H groups in total. The van der Waals surface area contributed by atoms with Crippen molar-refractivity contribution >= 4 is 29.9 Å². The summed E-state index contributed by atoms with van der Waals surface area (Å²) >= 11 is 0. The summed E-state index contributed by atoms with van der Waals surface area (Å²) in [6.07, 6.45) is 3.89. The van der Waals surface area contributed by atoms with Crippen LogP contribution in [-0.2, 0) is 13.1 Å². The van der Waals surface area contributed by atoms with Crippen LogP contribution in [0.25, 0.3) is 0 Å². The van der Waals surface area contributed by atoms with Crippen molar-refractivity contribution in [3.05, 3.63) is 18.2 Å². The fraction of sp³-hybridized carbons (Fsp3) is 0.789. The van der Waals surface area contributed by atoms with Gasteiger partial charge < -0.3 is 15.2 Å². The Balaban J connectivity index is 0.00000625. The summed E-state index contributed by atoms with van der Waals surface area (Å²) in [6, 6.07) is 1.09. The lowest BCUT2D eigenvalue weighted by Gasteiger charge is -2.30. The van der Waals surface area contributed by atoms with Crippen LogP contribution in [0.2, 0.25) is 0 Å².